The summed E-state index contributed by atoms with van der Waals surface area (Å²) in [5.41, 5.74) is 0. The van der Waals surface area contributed by atoms with E-state index in [9.17, 15) is 4.79 Å². The van der Waals surface area contributed by atoms with Crippen LogP contribution in [0, 0.1) is 0 Å². The number of hydrogen-bond acceptors (Lipinski definition) is 4. The molecular weight excluding hydrogens is 258 g/mol. The highest BCUT2D eigenvalue weighted by Gasteiger charge is 2.01. The number of nitrogens with zero attached hydrogens (tertiary/aromatic N) is 1. The van der Waals surface area contributed by atoms with E-state index in [0.29, 0.717) is 13.0 Å². The van der Waals surface area contributed by atoms with Crippen LogP contribution in [0.3, 0.4) is 0 Å². The summed E-state index contributed by atoms with van der Waals surface area (Å²) >= 11 is 0. The van der Waals surface area contributed by atoms with Crippen LogP contribution in [-0.2, 0) is 16.1 Å². The molecule has 1 aromatic heterocycles. The zero-order chi connectivity index (χ0) is 14.6. The Morgan fingerprint density at radius 2 is 2.20 bits per heavy atom. The molecule has 1 rings (SSSR count). The fourth-order valence-electron chi connectivity index (χ4n) is 1.68. The van der Waals surface area contributed by atoms with Crippen LogP contribution in [0.2, 0.25) is 0 Å². The van der Waals surface area contributed by atoms with Crippen molar-refractivity contribution in [2.45, 2.75) is 32.2 Å². The molecule has 0 amide bonds. The molecule has 0 aliphatic carbocycles. The highest BCUT2D eigenvalue weighted by atomic mass is 16.5. The summed E-state index contributed by atoms with van der Waals surface area (Å²) in [4.78, 5) is 15.0. The Labute approximate surface area is 119 Å². The summed E-state index contributed by atoms with van der Waals surface area (Å²) in [6.07, 6.45) is 4.96. The van der Waals surface area contributed by atoms with Crippen LogP contribution in [0.5, 0.6) is 0 Å². The summed E-state index contributed by atoms with van der Waals surface area (Å²) in [6, 6.07) is 3.77. The molecule has 0 radical (unpaired) electrons. The van der Waals surface area contributed by atoms with Gasteiger partial charge in [0.1, 0.15) is 5.76 Å². The topological polar surface area (TPSA) is 75.9 Å². The van der Waals surface area contributed by atoms with E-state index in [2.05, 4.69) is 20.4 Å². The molecule has 0 aromatic carbocycles. The van der Waals surface area contributed by atoms with Gasteiger partial charge in [0.15, 0.2) is 5.96 Å². The van der Waals surface area contributed by atoms with E-state index < -0.39 is 0 Å². The van der Waals surface area contributed by atoms with E-state index in [1.54, 1.807) is 13.3 Å². The summed E-state index contributed by atoms with van der Waals surface area (Å²) in [7, 11) is 3.15. The Morgan fingerprint density at radius 3 is 2.85 bits per heavy atom. The second-order valence-corrected chi connectivity index (χ2v) is 4.32. The van der Waals surface area contributed by atoms with Gasteiger partial charge in [0, 0.05) is 20.0 Å². The highest BCUT2D eigenvalue weighted by molar-refractivity contribution is 5.79. The molecule has 0 aliphatic heterocycles. The van der Waals surface area contributed by atoms with E-state index in [1.807, 2.05) is 12.1 Å². The van der Waals surface area contributed by atoms with Crippen LogP contribution >= 0.6 is 0 Å². The number of ether oxygens (including phenoxy) is 1. The average Bonchev–Trinajstić information content (AvgIpc) is 2.98. The Kier molecular flexibility index (Phi) is 7.95. The van der Waals surface area contributed by atoms with Crippen molar-refractivity contribution in [2.24, 2.45) is 4.99 Å². The van der Waals surface area contributed by atoms with E-state index in [0.717, 1.165) is 37.5 Å². The molecule has 0 atom stereocenters. The van der Waals surface area contributed by atoms with Gasteiger partial charge in [-0.2, -0.15) is 0 Å². The van der Waals surface area contributed by atoms with Gasteiger partial charge in [-0.3, -0.25) is 9.79 Å². The first kappa shape index (κ1) is 16.1. The van der Waals surface area contributed by atoms with E-state index in [1.165, 1.54) is 7.11 Å². The maximum atomic E-state index is 10.9. The van der Waals surface area contributed by atoms with Crippen LogP contribution in [0.1, 0.15) is 31.4 Å². The molecule has 1 aromatic rings. The molecule has 1 heterocycles. The number of hydrogen-bond donors (Lipinski definition) is 2. The number of guanidine groups is 1. The van der Waals surface area contributed by atoms with E-state index in [4.69, 9.17) is 4.42 Å². The molecule has 0 aliphatic rings. The van der Waals surface area contributed by atoms with Gasteiger partial charge in [-0.15, -0.1) is 0 Å². The van der Waals surface area contributed by atoms with E-state index in [-0.39, 0.29) is 5.97 Å². The Balaban J connectivity index is 2.05. The van der Waals surface area contributed by atoms with Crippen molar-refractivity contribution in [2.75, 3.05) is 20.7 Å². The molecule has 0 unspecified atom stereocenters. The molecule has 6 nitrogen and oxygen atoms in total. The number of carbonyl (C=O) groups excluding carboxylic acids is 1. The zero-order valence-corrected chi connectivity index (χ0v) is 12.1. The van der Waals surface area contributed by atoms with Gasteiger partial charge in [0.05, 0.1) is 19.9 Å². The first-order valence-electron chi connectivity index (χ1n) is 6.80. The predicted molar refractivity (Wildman–Crippen MR) is 77.4 cm³/mol. The van der Waals surface area contributed by atoms with Crippen molar-refractivity contribution in [3.05, 3.63) is 24.2 Å². The third-order valence-electron chi connectivity index (χ3n) is 2.81. The highest BCUT2D eigenvalue weighted by Crippen LogP contribution is 2.00. The molecule has 0 saturated heterocycles. The number of aliphatic imine (C=N–C) groups is 1. The Morgan fingerprint density at radius 1 is 1.35 bits per heavy atom. The minimum Gasteiger partial charge on any atom is -0.469 e. The fraction of sp³-hybridized carbons (Fsp3) is 0.571. The molecule has 6 heteroatoms. The number of nitrogens with one attached hydrogen (secondary N) is 2. The summed E-state index contributed by atoms with van der Waals surface area (Å²) < 4.78 is 9.82. The molecule has 0 saturated carbocycles. The molecule has 112 valence electrons. The number of methoxy groups -OCH3 is 1. The zero-order valence-electron chi connectivity index (χ0n) is 12.1. The van der Waals surface area contributed by atoms with Gasteiger partial charge >= 0.3 is 5.97 Å². The van der Waals surface area contributed by atoms with Crippen molar-refractivity contribution in [1.82, 2.24) is 10.6 Å². The standard InChI is InChI=1S/C14H23N3O3/c1-15-14(17-11-12-7-6-10-20-12)16-9-5-3-4-8-13(18)19-2/h6-7,10H,3-5,8-9,11H2,1-2H3,(H2,15,16,17). The number of esters is 1. The second-order valence-electron chi connectivity index (χ2n) is 4.32. The lowest BCUT2D eigenvalue weighted by molar-refractivity contribution is -0.140. The smallest absolute Gasteiger partial charge is 0.305 e. The first-order chi connectivity index (χ1) is 9.76. The number of unbranched alkanes of at least 4 members (excludes halogenated alkanes) is 2. The van der Waals surface area contributed by atoms with Crippen molar-refractivity contribution in [3.8, 4) is 0 Å². The molecular formula is C14H23N3O3. The minimum atomic E-state index is -0.145. The van der Waals surface area contributed by atoms with Crippen molar-refractivity contribution >= 4 is 11.9 Å². The molecule has 0 spiro atoms. The third-order valence-corrected chi connectivity index (χ3v) is 2.81. The van der Waals surface area contributed by atoms with Crippen LogP contribution < -0.4 is 10.6 Å². The van der Waals surface area contributed by atoms with Crippen molar-refractivity contribution < 1.29 is 13.9 Å². The van der Waals surface area contributed by atoms with Gasteiger partial charge in [0.2, 0.25) is 0 Å². The molecule has 0 fully saturated rings. The van der Waals surface area contributed by atoms with E-state index >= 15 is 0 Å². The van der Waals surface area contributed by atoms with Crippen molar-refractivity contribution in [1.29, 1.82) is 0 Å². The van der Waals surface area contributed by atoms with Gasteiger partial charge < -0.3 is 19.8 Å². The third kappa shape index (κ3) is 6.82. The number of carbonyl (C=O) groups is 1. The summed E-state index contributed by atoms with van der Waals surface area (Å²) in [6.45, 7) is 1.42. The van der Waals surface area contributed by atoms with Crippen molar-refractivity contribution in [3.63, 3.8) is 0 Å². The quantitative estimate of drug-likeness (QED) is 0.328. The fourth-order valence-corrected chi connectivity index (χ4v) is 1.68. The summed E-state index contributed by atoms with van der Waals surface area (Å²) in [5, 5.41) is 6.38. The number of rotatable bonds is 8. The second kappa shape index (κ2) is 9.89. The minimum absolute atomic E-state index is 0.145. The normalized spacial score (nSPS) is 11.2. The van der Waals surface area contributed by atoms with Gasteiger partial charge in [0.25, 0.3) is 0 Å². The maximum Gasteiger partial charge on any atom is 0.305 e. The Bertz CT molecular complexity index is 402. The van der Waals surface area contributed by atoms with Gasteiger partial charge in [-0.1, -0.05) is 6.42 Å². The van der Waals surface area contributed by atoms with Crippen LogP contribution in [0.4, 0.5) is 0 Å². The average molecular weight is 281 g/mol. The molecule has 20 heavy (non-hydrogen) atoms. The van der Waals surface area contributed by atoms with Gasteiger partial charge in [-0.25, -0.2) is 0 Å². The van der Waals surface area contributed by atoms with Gasteiger partial charge in [-0.05, 0) is 25.0 Å². The Hall–Kier alpha value is -1.98. The maximum absolute atomic E-state index is 10.9. The van der Waals surface area contributed by atoms with Crippen LogP contribution in [-0.4, -0.2) is 32.6 Å². The SMILES string of the molecule is CN=C(NCCCCCC(=O)OC)NCc1ccco1. The summed E-state index contributed by atoms with van der Waals surface area (Å²) in [5.74, 6) is 1.47. The molecule has 2 N–H and O–H groups in total. The predicted octanol–water partition coefficient (Wildman–Crippen LogP) is 1.68. The lowest BCUT2D eigenvalue weighted by Gasteiger charge is -2.10. The monoisotopic (exact) mass is 281 g/mol. The number of furan rings is 1. The van der Waals surface area contributed by atoms with Crippen LogP contribution in [0.15, 0.2) is 27.8 Å². The van der Waals surface area contributed by atoms with Crippen LogP contribution in [0.25, 0.3) is 0 Å². The first-order valence-corrected chi connectivity index (χ1v) is 6.80. The lowest BCUT2D eigenvalue weighted by Crippen LogP contribution is -2.37. The lowest BCUT2D eigenvalue weighted by atomic mass is 10.2. The largest absolute Gasteiger partial charge is 0.469 e. The molecule has 0 bridgehead atoms.